The first-order chi connectivity index (χ1) is 8.70. The molecular formula is C14H15N3S. The molecule has 1 aromatic carbocycles. The smallest absolute Gasteiger partial charge is 0.135 e. The van der Waals surface area contributed by atoms with Gasteiger partial charge in [-0.05, 0) is 38.3 Å². The van der Waals surface area contributed by atoms with Crippen molar-refractivity contribution in [3.05, 3.63) is 41.5 Å². The summed E-state index contributed by atoms with van der Waals surface area (Å²) in [6.07, 6.45) is 4.01. The Morgan fingerprint density at radius 2 is 2.11 bits per heavy atom. The molecule has 0 bridgehead atoms. The Morgan fingerprint density at radius 3 is 2.89 bits per heavy atom. The second-order valence-corrected chi connectivity index (χ2v) is 5.32. The zero-order valence-electron chi connectivity index (χ0n) is 10.8. The second kappa shape index (κ2) is 4.28. The van der Waals surface area contributed by atoms with Gasteiger partial charge in [0.15, 0.2) is 0 Å². The van der Waals surface area contributed by atoms with Crippen molar-refractivity contribution in [2.45, 2.75) is 25.3 Å². The van der Waals surface area contributed by atoms with E-state index in [-0.39, 0.29) is 0 Å². The Balaban J connectivity index is 2.31. The number of rotatable bonds is 1. The number of benzene rings is 1. The van der Waals surface area contributed by atoms with Crippen LogP contribution < -0.4 is 0 Å². The fraction of sp³-hybridized carbons (Fsp3) is 0.286. The van der Waals surface area contributed by atoms with E-state index in [2.05, 4.69) is 52.8 Å². The molecule has 0 unspecified atom stereocenters. The van der Waals surface area contributed by atoms with Crippen LogP contribution in [0.2, 0.25) is 0 Å². The monoisotopic (exact) mass is 257 g/mol. The average molecular weight is 257 g/mol. The molecule has 4 heteroatoms. The van der Waals surface area contributed by atoms with Crippen molar-refractivity contribution in [2.24, 2.45) is 4.99 Å². The number of imidazole rings is 1. The van der Waals surface area contributed by atoms with Gasteiger partial charge in [-0.15, -0.1) is 11.8 Å². The molecule has 3 rings (SSSR count). The van der Waals surface area contributed by atoms with Crippen LogP contribution in [-0.2, 0) is 6.54 Å². The van der Waals surface area contributed by atoms with Crippen molar-refractivity contribution in [3.8, 4) is 5.69 Å². The highest BCUT2D eigenvalue weighted by atomic mass is 32.2. The number of hydrogen-bond donors (Lipinski definition) is 0. The molecule has 1 aliphatic heterocycles. The number of aromatic nitrogens is 2. The molecule has 0 N–H and O–H groups in total. The Hall–Kier alpha value is -1.55. The van der Waals surface area contributed by atoms with E-state index in [1.54, 1.807) is 11.8 Å². The summed E-state index contributed by atoms with van der Waals surface area (Å²) in [5.41, 5.74) is 4.65. The number of nitrogens with zero attached hydrogens (tertiary/aromatic N) is 3. The van der Waals surface area contributed by atoms with E-state index in [1.807, 2.05) is 6.20 Å². The van der Waals surface area contributed by atoms with E-state index in [4.69, 9.17) is 0 Å². The summed E-state index contributed by atoms with van der Waals surface area (Å²) in [6, 6.07) is 6.54. The van der Waals surface area contributed by atoms with Crippen molar-refractivity contribution in [1.29, 1.82) is 0 Å². The SMILES string of the molecule is CSc1ccc2c(c1)C(C)=NCc1ncc(C)n1-2. The quantitative estimate of drug-likeness (QED) is 0.734. The zero-order chi connectivity index (χ0) is 12.7. The van der Waals surface area contributed by atoms with Gasteiger partial charge in [0.25, 0.3) is 0 Å². The van der Waals surface area contributed by atoms with Gasteiger partial charge in [0.2, 0.25) is 0 Å². The summed E-state index contributed by atoms with van der Waals surface area (Å²) in [5.74, 6) is 1.02. The number of fused-ring (bicyclic) bond motifs is 3. The lowest BCUT2D eigenvalue weighted by Gasteiger charge is -2.12. The first-order valence-electron chi connectivity index (χ1n) is 5.94. The minimum absolute atomic E-state index is 0.656. The van der Waals surface area contributed by atoms with E-state index >= 15 is 0 Å². The van der Waals surface area contributed by atoms with Crippen LogP contribution in [0.3, 0.4) is 0 Å². The summed E-state index contributed by atoms with van der Waals surface area (Å²) in [6.45, 7) is 4.82. The van der Waals surface area contributed by atoms with Crippen LogP contribution in [0, 0.1) is 6.92 Å². The molecule has 0 amide bonds. The number of hydrogen-bond acceptors (Lipinski definition) is 3. The maximum atomic E-state index is 4.62. The fourth-order valence-electron chi connectivity index (χ4n) is 2.33. The van der Waals surface area contributed by atoms with Gasteiger partial charge >= 0.3 is 0 Å². The summed E-state index contributed by atoms with van der Waals surface area (Å²) in [7, 11) is 0. The molecule has 3 nitrogen and oxygen atoms in total. The first kappa shape index (κ1) is 11.5. The van der Waals surface area contributed by atoms with Gasteiger partial charge in [-0.1, -0.05) is 0 Å². The third-order valence-corrected chi connectivity index (χ3v) is 4.03. The predicted molar refractivity (Wildman–Crippen MR) is 76.0 cm³/mol. The summed E-state index contributed by atoms with van der Waals surface area (Å²) in [4.78, 5) is 10.3. The molecule has 2 aromatic rings. The van der Waals surface area contributed by atoms with E-state index in [9.17, 15) is 0 Å². The number of aryl methyl sites for hydroxylation is 1. The van der Waals surface area contributed by atoms with Gasteiger partial charge in [0.1, 0.15) is 5.82 Å². The van der Waals surface area contributed by atoms with E-state index in [1.165, 1.54) is 16.1 Å². The van der Waals surface area contributed by atoms with Crippen LogP contribution in [0.15, 0.2) is 34.3 Å². The standard InChI is InChI=1S/C14H15N3S/c1-9-7-16-14-8-15-10(2)12-6-11(18-3)4-5-13(12)17(9)14/h4-7H,8H2,1-3H3. The molecule has 0 spiro atoms. The number of thioether (sulfide) groups is 1. The third-order valence-electron chi connectivity index (χ3n) is 3.30. The molecule has 0 saturated carbocycles. The molecule has 0 radical (unpaired) electrons. The van der Waals surface area contributed by atoms with E-state index < -0.39 is 0 Å². The average Bonchev–Trinajstić information content (AvgIpc) is 2.69. The molecule has 18 heavy (non-hydrogen) atoms. The Labute approximate surface area is 111 Å². The van der Waals surface area contributed by atoms with E-state index in [0.29, 0.717) is 6.54 Å². The highest BCUT2D eigenvalue weighted by Crippen LogP contribution is 2.27. The van der Waals surface area contributed by atoms with Crippen LogP contribution in [0.5, 0.6) is 0 Å². The van der Waals surface area contributed by atoms with Crippen molar-refractivity contribution < 1.29 is 0 Å². The van der Waals surface area contributed by atoms with Crippen LogP contribution in [0.4, 0.5) is 0 Å². The molecule has 0 atom stereocenters. The van der Waals surface area contributed by atoms with E-state index in [0.717, 1.165) is 17.2 Å². The summed E-state index contributed by atoms with van der Waals surface area (Å²) < 4.78 is 2.21. The van der Waals surface area contributed by atoms with Gasteiger partial charge in [-0.3, -0.25) is 9.56 Å². The van der Waals surface area contributed by atoms with Crippen LogP contribution >= 0.6 is 11.8 Å². The molecule has 2 heterocycles. The number of aliphatic imine (C=N–C) groups is 1. The maximum Gasteiger partial charge on any atom is 0.135 e. The molecule has 1 aromatic heterocycles. The molecule has 1 aliphatic rings. The summed E-state index contributed by atoms with van der Waals surface area (Å²) in [5, 5.41) is 0. The third kappa shape index (κ3) is 1.68. The van der Waals surface area contributed by atoms with Crippen LogP contribution in [-0.4, -0.2) is 21.5 Å². The Bertz CT molecular complexity index is 640. The maximum absolute atomic E-state index is 4.62. The Morgan fingerprint density at radius 1 is 1.28 bits per heavy atom. The second-order valence-electron chi connectivity index (χ2n) is 4.44. The highest BCUT2D eigenvalue weighted by molar-refractivity contribution is 7.98. The molecule has 0 aliphatic carbocycles. The molecule has 92 valence electrons. The minimum atomic E-state index is 0.656. The first-order valence-corrected chi connectivity index (χ1v) is 7.16. The van der Waals surface area contributed by atoms with Gasteiger partial charge in [-0.25, -0.2) is 4.98 Å². The van der Waals surface area contributed by atoms with Gasteiger partial charge in [0, 0.05) is 28.1 Å². The fourth-order valence-corrected chi connectivity index (χ4v) is 2.77. The van der Waals surface area contributed by atoms with Crippen molar-refractivity contribution in [2.75, 3.05) is 6.26 Å². The van der Waals surface area contributed by atoms with Crippen molar-refractivity contribution in [1.82, 2.24) is 9.55 Å². The van der Waals surface area contributed by atoms with Crippen molar-refractivity contribution in [3.63, 3.8) is 0 Å². The minimum Gasteiger partial charge on any atom is -0.299 e. The van der Waals surface area contributed by atoms with Gasteiger partial charge in [0.05, 0.1) is 12.2 Å². The largest absolute Gasteiger partial charge is 0.299 e. The predicted octanol–water partition coefficient (Wildman–Crippen LogP) is 3.23. The molecule has 0 fully saturated rings. The van der Waals surface area contributed by atoms with Crippen LogP contribution in [0.25, 0.3) is 5.69 Å². The Kier molecular flexibility index (Phi) is 2.74. The lowest BCUT2D eigenvalue weighted by atomic mass is 10.1. The lowest BCUT2D eigenvalue weighted by Crippen LogP contribution is -2.05. The topological polar surface area (TPSA) is 30.2 Å². The zero-order valence-corrected chi connectivity index (χ0v) is 11.6. The normalized spacial score (nSPS) is 13.6. The molecular weight excluding hydrogens is 242 g/mol. The lowest BCUT2D eigenvalue weighted by molar-refractivity contribution is 0.862. The van der Waals surface area contributed by atoms with Crippen LogP contribution in [0.1, 0.15) is 24.0 Å². The highest BCUT2D eigenvalue weighted by Gasteiger charge is 2.17. The van der Waals surface area contributed by atoms with Crippen molar-refractivity contribution >= 4 is 17.5 Å². The molecule has 0 saturated heterocycles. The van der Waals surface area contributed by atoms with Gasteiger partial charge in [-0.2, -0.15) is 0 Å². The van der Waals surface area contributed by atoms with Gasteiger partial charge < -0.3 is 0 Å². The summed E-state index contributed by atoms with van der Waals surface area (Å²) >= 11 is 1.76.